The summed E-state index contributed by atoms with van der Waals surface area (Å²) in [7, 11) is -0.593. The first-order chi connectivity index (χ1) is 11.8. The molecule has 0 amide bonds. The Balaban J connectivity index is 2.11. The van der Waals surface area contributed by atoms with Gasteiger partial charge in [-0.1, -0.05) is 23.7 Å². The number of halogens is 1. The van der Waals surface area contributed by atoms with Gasteiger partial charge in [0.05, 0.1) is 21.7 Å². The molecule has 3 rings (SSSR count). The Labute approximate surface area is 159 Å². The van der Waals surface area contributed by atoms with Crippen molar-refractivity contribution in [2.45, 2.75) is 65.3 Å². The van der Waals surface area contributed by atoms with E-state index in [0.717, 1.165) is 10.8 Å². The third kappa shape index (κ3) is 3.26. The second-order valence-corrected chi connectivity index (χ2v) is 9.07. The Morgan fingerprint density at radius 3 is 2.27 bits per heavy atom. The van der Waals surface area contributed by atoms with Crippen molar-refractivity contribution >= 4 is 41.2 Å². The van der Waals surface area contributed by atoms with Crippen LogP contribution in [0.3, 0.4) is 0 Å². The molecule has 7 heteroatoms. The van der Waals surface area contributed by atoms with Crippen molar-refractivity contribution in [3.8, 4) is 0 Å². The molecule has 26 heavy (non-hydrogen) atoms. The van der Waals surface area contributed by atoms with Crippen molar-refractivity contribution in [3.63, 3.8) is 0 Å². The van der Waals surface area contributed by atoms with Gasteiger partial charge in [0, 0.05) is 17.0 Å². The number of carbonyl (C=O) groups is 1. The highest BCUT2D eigenvalue weighted by molar-refractivity contribution is 6.65. The van der Waals surface area contributed by atoms with Crippen LogP contribution in [0.25, 0.3) is 10.9 Å². The fraction of sp³-hybridized carbons (Fsp3) is 0.526. The number of hydrogen-bond donors (Lipinski definition) is 0. The number of carbonyl (C=O) groups excluding carboxylic acids is 1. The summed E-state index contributed by atoms with van der Waals surface area (Å²) in [6.07, 6.45) is 1.21. The minimum atomic E-state index is -0.612. The highest BCUT2D eigenvalue weighted by Crippen LogP contribution is 2.37. The molecule has 1 aliphatic heterocycles. The largest absolute Gasteiger partial charge is 0.497 e. The predicted molar refractivity (Wildman–Crippen MR) is 104 cm³/mol. The van der Waals surface area contributed by atoms with Crippen LogP contribution in [-0.4, -0.2) is 34.6 Å². The van der Waals surface area contributed by atoms with Gasteiger partial charge in [0.1, 0.15) is 5.60 Å². The Bertz CT molecular complexity index is 850. The molecule has 5 nitrogen and oxygen atoms in total. The van der Waals surface area contributed by atoms with E-state index in [-0.39, 0.29) is 0 Å². The van der Waals surface area contributed by atoms with Crippen LogP contribution >= 0.6 is 11.6 Å². The summed E-state index contributed by atoms with van der Waals surface area (Å²) < 4.78 is 19.3. The van der Waals surface area contributed by atoms with E-state index in [1.807, 2.05) is 60.6 Å². The lowest BCUT2D eigenvalue weighted by molar-refractivity contribution is 0.00578. The quantitative estimate of drug-likeness (QED) is 0.692. The zero-order valence-corrected chi connectivity index (χ0v) is 17.1. The summed E-state index contributed by atoms with van der Waals surface area (Å²) in [6, 6.07) is 5.50. The van der Waals surface area contributed by atoms with E-state index in [4.69, 9.17) is 25.6 Å². The molecular weight excluding hydrogens is 352 g/mol. The van der Waals surface area contributed by atoms with Gasteiger partial charge in [-0.05, 0) is 54.5 Å². The summed E-state index contributed by atoms with van der Waals surface area (Å²) in [6.45, 7) is 13.5. The van der Waals surface area contributed by atoms with Gasteiger partial charge >= 0.3 is 13.2 Å². The Hall–Kier alpha value is -1.50. The summed E-state index contributed by atoms with van der Waals surface area (Å²) in [5.74, 6) is 0. The number of fused-ring (bicyclic) bond motifs is 1. The first-order valence-electron chi connectivity index (χ1n) is 8.71. The molecule has 0 unspecified atom stereocenters. The highest BCUT2D eigenvalue weighted by Gasteiger charge is 2.52. The molecule has 0 aliphatic carbocycles. The zero-order chi connectivity index (χ0) is 19.5. The van der Waals surface area contributed by atoms with E-state index < -0.39 is 30.0 Å². The van der Waals surface area contributed by atoms with Crippen molar-refractivity contribution in [3.05, 3.63) is 29.4 Å². The molecule has 1 aromatic carbocycles. The highest BCUT2D eigenvalue weighted by atomic mass is 35.5. The van der Waals surface area contributed by atoms with Crippen LogP contribution in [0.4, 0.5) is 4.79 Å². The maximum Gasteiger partial charge on any atom is 0.497 e. The van der Waals surface area contributed by atoms with Gasteiger partial charge < -0.3 is 14.0 Å². The molecule has 0 saturated carbocycles. The maximum absolute atomic E-state index is 12.7. The van der Waals surface area contributed by atoms with Crippen LogP contribution in [0.15, 0.2) is 24.4 Å². The van der Waals surface area contributed by atoms with Gasteiger partial charge in [-0.15, -0.1) is 0 Å². The Kier molecular flexibility index (Phi) is 4.45. The number of para-hydroxylation sites is 1. The smallest absolute Gasteiger partial charge is 0.443 e. The van der Waals surface area contributed by atoms with Gasteiger partial charge in [-0.3, -0.25) is 4.57 Å². The van der Waals surface area contributed by atoms with Gasteiger partial charge in [-0.2, -0.15) is 0 Å². The van der Waals surface area contributed by atoms with Gasteiger partial charge in [-0.25, -0.2) is 4.79 Å². The number of benzene rings is 1. The molecule has 1 saturated heterocycles. The molecule has 1 aromatic heterocycles. The molecular formula is C19H25BClNO4. The van der Waals surface area contributed by atoms with E-state index in [9.17, 15) is 4.79 Å². The molecule has 1 aliphatic rings. The number of nitrogens with zero attached hydrogens (tertiary/aromatic N) is 1. The second-order valence-electron chi connectivity index (χ2n) is 8.66. The average molecular weight is 378 g/mol. The van der Waals surface area contributed by atoms with Crippen LogP contribution in [-0.2, 0) is 14.0 Å². The molecule has 0 N–H and O–H groups in total. The minimum Gasteiger partial charge on any atom is -0.443 e. The first-order valence-corrected chi connectivity index (χ1v) is 9.09. The molecule has 140 valence electrons. The van der Waals surface area contributed by atoms with E-state index in [1.165, 1.54) is 4.57 Å². The van der Waals surface area contributed by atoms with E-state index >= 15 is 0 Å². The van der Waals surface area contributed by atoms with Crippen molar-refractivity contribution in [2.75, 3.05) is 0 Å². The van der Waals surface area contributed by atoms with Gasteiger partial charge in [0.15, 0.2) is 0 Å². The van der Waals surface area contributed by atoms with Crippen molar-refractivity contribution in [1.82, 2.24) is 4.57 Å². The van der Waals surface area contributed by atoms with Gasteiger partial charge in [0.2, 0.25) is 0 Å². The molecule has 0 bridgehead atoms. The van der Waals surface area contributed by atoms with Crippen LogP contribution in [0.5, 0.6) is 0 Å². The Morgan fingerprint density at radius 2 is 1.73 bits per heavy atom. The fourth-order valence-electron chi connectivity index (χ4n) is 2.88. The monoisotopic (exact) mass is 377 g/mol. The van der Waals surface area contributed by atoms with E-state index in [1.54, 1.807) is 12.3 Å². The number of rotatable bonds is 1. The standard InChI is InChI=1S/C19H25BClNO4/c1-17(2,3)24-16(23)22-11-13(12-9-8-10-14(21)15(12)22)20-25-18(4,5)19(6,7)26-20/h8-11H,1-7H3. The summed E-state index contributed by atoms with van der Waals surface area (Å²) in [5.41, 5.74) is -0.216. The Morgan fingerprint density at radius 1 is 1.15 bits per heavy atom. The second kappa shape index (κ2) is 6.01. The van der Waals surface area contributed by atoms with Crippen molar-refractivity contribution in [2.24, 2.45) is 0 Å². The average Bonchev–Trinajstić information content (AvgIpc) is 2.94. The van der Waals surface area contributed by atoms with Crippen molar-refractivity contribution in [1.29, 1.82) is 0 Å². The van der Waals surface area contributed by atoms with E-state index in [2.05, 4.69) is 0 Å². The summed E-state index contributed by atoms with van der Waals surface area (Å²) >= 11 is 6.40. The first kappa shape index (κ1) is 19.3. The normalized spacial score (nSPS) is 19.2. The zero-order valence-electron chi connectivity index (χ0n) is 16.3. The van der Waals surface area contributed by atoms with Crippen LogP contribution in [0, 0.1) is 0 Å². The van der Waals surface area contributed by atoms with Crippen molar-refractivity contribution < 1.29 is 18.8 Å². The molecule has 1 fully saturated rings. The molecule has 0 spiro atoms. The third-order valence-electron chi connectivity index (χ3n) is 4.90. The summed E-state index contributed by atoms with van der Waals surface area (Å²) in [5, 5.41) is 1.28. The van der Waals surface area contributed by atoms with Gasteiger partial charge in [0.25, 0.3) is 0 Å². The minimum absolute atomic E-state index is 0.469. The van der Waals surface area contributed by atoms with E-state index in [0.29, 0.717) is 10.5 Å². The topological polar surface area (TPSA) is 49.7 Å². The number of aromatic nitrogens is 1. The number of hydrogen-bond acceptors (Lipinski definition) is 4. The third-order valence-corrected chi connectivity index (χ3v) is 5.21. The molecule has 0 radical (unpaired) electrons. The van der Waals surface area contributed by atoms with Crippen LogP contribution < -0.4 is 5.46 Å². The lowest BCUT2D eigenvalue weighted by Gasteiger charge is -2.32. The van der Waals surface area contributed by atoms with Crippen LogP contribution in [0.1, 0.15) is 48.5 Å². The molecule has 0 atom stereocenters. The summed E-state index contributed by atoms with van der Waals surface area (Å²) in [4.78, 5) is 12.7. The maximum atomic E-state index is 12.7. The SMILES string of the molecule is CC(C)(C)OC(=O)n1cc(B2OC(C)(C)C(C)(C)O2)c2cccc(Cl)c21. The number of ether oxygens (including phenoxy) is 1. The predicted octanol–water partition coefficient (Wildman–Crippen LogP) is 4.38. The lowest BCUT2D eigenvalue weighted by Crippen LogP contribution is -2.41. The fourth-order valence-corrected chi connectivity index (χ4v) is 3.14. The molecule has 2 aromatic rings. The lowest BCUT2D eigenvalue weighted by atomic mass is 9.79. The molecule has 2 heterocycles. The van der Waals surface area contributed by atoms with Crippen LogP contribution in [0.2, 0.25) is 5.02 Å².